The summed E-state index contributed by atoms with van der Waals surface area (Å²) in [7, 11) is 0. The van der Waals surface area contributed by atoms with E-state index in [1.165, 1.54) is 32.5 Å². The Bertz CT molecular complexity index is 324. The molecule has 16 heavy (non-hydrogen) atoms. The summed E-state index contributed by atoms with van der Waals surface area (Å²) in [6.07, 6.45) is 4.29. The maximum atomic E-state index is 4.22. The van der Waals surface area contributed by atoms with Crippen molar-refractivity contribution in [2.24, 2.45) is 0 Å². The van der Waals surface area contributed by atoms with E-state index in [1.807, 2.05) is 6.07 Å². The van der Waals surface area contributed by atoms with Crippen LogP contribution in [0.3, 0.4) is 0 Å². The van der Waals surface area contributed by atoms with E-state index in [2.05, 4.69) is 26.1 Å². The highest BCUT2D eigenvalue weighted by molar-refractivity contribution is 8.93. The Morgan fingerprint density at radius 2 is 1.94 bits per heavy atom. The highest BCUT2D eigenvalue weighted by Crippen LogP contribution is 2.24. The van der Waals surface area contributed by atoms with Crippen LogP contribution in [0, 0.1) is 0 Å². The molecule has 3 aliphatic heterocycles. The quantitative estimate of drug-likeness (QED) is 0.779. The third kappa shape index (κ3) is 2.20. The predicted octanol–water partition coefficient (Wildman–Crippen LogP) is 1.34. The molecule has 3 fully saturated rings. The minimum Gasteiger partial charge on any atom is -0.351 e. The summed E-state index contributed by atoms with van der Waals surface area (Å²) in [5.74, 6) is 1.05. The fraction of sp³-hybridized carbons (Fsp3) is 0.636. The lowest BCUT2D eigenvalue weighted by molar-refractivity contribution is 0.250. The van der Waals surface area contributed by atoms with Crippen LogP contribution in [0.1, 0.15) is 12.8 Å². The second-order valence-electron chi connectivity index (χ2n) is 4.35. The first kappa shape index (κ1) is 11.8. The molecule has 3 saturated heterocycles. The lowest BCUT2D eigenvalue weighted by Gasteiger charge is -2.31. The summed E-state index contributed by atoms with van der Waals surface area (Å²) < 4.78 is 0. The van der Waals surface area contributed by atoms with Gasteiger partial charge in [-0.25, -0.2) is 0 Å². The summed E-state index contributed by atoms with van der Waals surface area (Å²) in [6, 6.07) is 4.72. The van der Waals surface area contributed by atoms with Crippen molar-refractivity contribution in [3.63, 3.8) is 0 Å². The Morgan fingerprint density at radius 1 is 1.12 bits per heavy atom. The molecule has 0 aliphatic carbocycles. The average Bonchev–Trinajstić information content (AvgIpc) is 2.63. The third-order valence-electron chi connectivity index (χ3n) is 3.51. The fourth-order valence-corrected chi connectivity index (χ4v) is 2.63. The SMILES string of the molecule is Br.c1cnnc(N2CCN3CCC2CC3)c1. The van der Waals surface area contributed by atoms with Crippen LogP contribution < -0.4 is 4.90 Å². The first-order valence-corrected chi connectivity index (χ1v) is 5.70. The van der Waals surface area contributed by atoms with Gasteiger partial charge in [-0.05, 0) is 25.0 Å². The Labute approximate surface area is 106 Å². The molecule has 1 aromatic rings. The molecule has 5 heteroatoms. The van der Waals surface area contributed by atoms with Gasteiger partial charge in [-0.1, -0.05) is 0 Å². The molecule has 0 amide bonds. The second kappa shape index (κ2) is 5.10. The maximum Gasteiger partial charge on any atom is 0.151 e. The molecule has 88 valence electrons. The summed E-state index contributed by atoms with van der Waals surface area (Å²) in [6.45, 7) is 4.78. The number of piperidine rings is 1. The highest BCUT2D eigenvalue weighted by Gasteiger charge is 2.29. The molecule has 4 rings (SSSR count). The fourth-order valence-electron chi connectivity index (χ4n) is 2.63. The minimum absolute atomic E-state index is 0. The van der Waals surface area contributed by atoms with Crippen molar-refractivity contribution in [3.05, 3.63) is 18.3 Å². The molecule has 4 nitrogen and oxygen atoms in total. The van der Waals surface area contributed by atoms with Crippen molar-refractivity contribution < 1.29 is 0 Å². The first-order chi connectivity index (χ1) is 7.43. The zero-order valence-electron chi connectivity index (χ0n) is 9.25. The molecule has 3 aliphatic rings. The van der Waals surface area contributed by atoms with Crippen LogP contribution in [0.25, 0.3) is 0 Å². The number of rotatable bonds is 1. The maximum absolute atomic E-state index is 4.22. The van der Waals surface area contributed by atoms with Gasteiger partial charge in [0.2, 0.25) is 0 Å². The van der Waals surface area contributed by atoms with Crippen molar-refractivity contribution >= 4 is 22.8 Å². The van der Waals surface area contributed by atoms with Gasteiger partial charge >= 0.3 is 0 Å². The van der Waals surface area contributed by atoms with Gasteiger partial charge in [0.15, 0.2) is 5.82 Å². The van der Waals surface area contributed by atoms with Crippen molar-refractivity contribution in [1.82, 2.24) is 15.1 Å². The number of aromatic nitrogens is 2. The Balaban J connectivity index is 0.000000963. The van der Waals surface area contributed by atoms with Gasteiger partial charge in [-0.3, -0.25) is 0 Å². The van der Waals surface area contributed by atoms with E-state index < -0.39 is 0 Å². The third-order valence-corrected chi connectivity index (χ3v) is 3.51. The van der Waals surface area contributed by atoms with E-state index in [0.29, 0.717) is 6.04 Å². The molecule has 0 N–H and O–H groups in total. The molecule has 1 aromatic heterocycles. The smallest absolute Gasteiger partial charge is 0.151 e. The van der Waals surface area contributed by atoms with Crippen molar-refractivity contribution in [2.45, 2.75) is 18.9 Å². The van der Waals surface area contributed by atoms with E-state index >= 15 is 0 Å². The summed E-state index contributed by atoms with van der Waals surface area (Å²) in [5.41, 5.74) is 0. The number of halogens is 1. The number of hydrogen-bond acceptors (Lipinski definition) is 4. The first-order valence-electron chi connectivity index (χ1n) is 5.70. The summed E-state index contributed by atoms with van der Waals surface area (Å²) in [5, 5.41) is 8.19. The van der Waals surface area contributed by atoms with E-state index in [4.69, 9.17) is 0 Å². The van der Waals surface area contributed by atoms with Crippen LogP contribution in [0.5, 0.6) is 0 Å². The van der Waals surface area contributed by atoms with Crippen LogP contribution in [-0.2, 0) is 0 Å². The van der Waals surface area contributed by atoms with Gasteiger partial charge in [-0.2, -0.15) is 5.10 Å². The van der Waals surface area contributed by atoms with Gasteiger partial charge in [0.1, 0.15) is 0 Å². The van der Waals surface area contributed by atoms with Crippen LogP contribution >= 0.6 is 17.0 Å². The number of fused-ring (bicyclic) bond motifs is 4. The molecule has 0 spiro atoms. The van der Waals surface area contributed by atoms with Crippen LogP contribution in [0.2, 0.25) is 0 Å². The highest BCUT2D eigenvalue weighted by atomic mass is 79.9. The van der Waals surface area contributed by atoms with E-state index in [9.17, 15) is 0 Å². The Kier molecular flexibility index (Phi) is 3.76. The zero-order chi connectivity index (χ0) is 10.1. The van der Waals surface area contributed by atoms with E-state index in [1.54, 1.807) is 6.20 Å². The molecule has 0 atom stereocenters. The van der Waals surface area contributed by atoms with E-state index in [-0.39, 0.29) is 17.0 Å². The largest absolute Gasteiger partial charge is 0.351 e. The van der Waals surface area contributed by atoms with Gasteiger partial charge < -0.3 is 9.80 Å². The summed E-state index contributed by atoms with van der Waals surface area (Å²) >= 11 is 0. The second-order valence-corrected chi connectivity index (χ2v) is 4.35. The average molecular weight is 285 g/mol. The molecular formula is C11H17BrN4. The number of nitrogens with zero attached hydrogens (tertiary/aromatic N) is 4. The van der Waals surface area contributed by atoms with Crippen molar-refractivity contribution in [2.75, 3.05) is 31.1 Å². The number of hydrogen-bond donors (Lipinski definition) is 0. The lowest BCUT2D eigenvalue weighted by Crippen LogP contribution is -2.38. The topological polar surface area (TPSA) is 32.3 Å². The minimum atomic E-state index is 0. The Hall–Kier alpha value is -0.680. The molecule has 0 saturated carbocycles. The molecule has 4 heterocycles. The zero-order valence-corrected chi connectivity index (χ0v) is 11.0. The van der Waals surface area contributed by atoms with Crippen LogP contribution in [0.15, 0.2) is 18.3 Å². The Morgan fingerprint density at radius 3 is 2.62 bits per heavy atom. The molecule has 0 radical (unpaired) electrons. The summed E-state index contributed by atoms with van der Waals surface area (Å²) in [4.78, 5) is 4.98. The molecular weight excluding hydrogens is 268 g/mol. The lowest BCUT2D eigenvalue weighted by atomic mass is 10.1. The van der Waals surface area contributed by atoms with Gasteiger partial charge in [-0.15, -0.1) is 22.1 Å². The molecule has 0 unspecified atom stereocenters. The van der Waals surface area contributed by atoms with E-state index in [0.717, 1.165) is 12.4 Å². The van der Waals surface area contributed by atoms with Gasteiger partial charge in [0.05, 0.1) is 0 Å². The number of anilines is 1. The van der Waals surface area contributed by atoms with Crippen molar-refractivity contribution in [1.29, 1.82) is 0 Å². The van der Waals surface area contributed by atoms with Crippen LogP contribution in [0.4, 0.5) is 5.82 Å². The van der Waals surface area contributed by atoms with Crippen molar-refractivity contribution in [3.8, 4) is 0 Å². The molecule has 2 bridgehead atoms. The van der Waals surface area contributed by atoms with Gasteiger partial charge in [0.25, 0.3) is 0 Å². The van der Waals surface area contributed by atoms with Gasteiger partial charge in [0, 0.05) is 38.4 Å². The predicted molar refractivity (Wildman–Crippen MR) is 69.2 cm³/mol. The molecule has 0 aromatic carbocycles. The normalized spacial score (nSPS) is 28.4. The monoisotopic (exact) mass is 284 g/mol. The van der Waals surface area contributed by atoms with Crippen LogP contribution in [-0.4, -0.2) is 47.3 Å². The standard InChI is InChI=1S/C11H16N4.BrH/c1-2-11(13-12-5-1)15-9-8-14-6-3-10(15)4-7-14;/h1-2,5,10H,3-4,6-9H2;1H.